The van der Waals surface area contributed by atoms with E-state index in [1.807, 2.05) is 16.8 Å². The van der Waals surface area contributed by atoms with Crippen LogP contribution < -0.4 is 21.3 Å². The molecule has 0 amide bonds. The van der Waals surface area contributed by atoms with Crippen molar-refractivity contribution < 1.29 is 0 Å². The van der Waals surface area contributed by atoms with E-state index in [9.17, 15) is 4.79 Å². The smallest absolute Gasteiger partial charge is 0.252 e. The minimum Gasteiger partial charge on any atom is -0.369 e. The van der Waals surface area contributed by atoms with Crippen molar-refractivity contribution in [2.45, 2.75) is 25.3 Å². The number of benzene rings is 2. The molecule has 178 valence electrons. The van der Waals surface area contributed by atoms with E-state index in [0.717, 1.165) is 42.8 Å². The molecule has 4 aromatic rings. The maximum atomic E-state index is 12.9. The molecule has 35 heavy (non-hydrogen) atoms. The van der Waals surface area contributed by atoms with Crippen molar-refractivity contribution in [1.29, 1.82) is 0 Å². The molecule has 2 aliphatic rings. The Hall–Kier alpha value is -3.08. The van der Waals surface area contributed by atoms with E-state index in [2.05, 4.69) is 70.4 Å². The molecule has 1 unspecified atom stereocenters. The van der Waals surface area contributed by atoms with Crippen molar-refractivity contribution in [3.8, 4) is 0 Å². The highest BCUT2D eigenvalue weighted by Gasteiger charge is 2.26. The molecule has 3 heterocycles. The highest BCUT2D eigenvalue weighted by Crippen LogP contribution is 2.41. The summed E-state index contributed by atoms with van der Waals surface area (Å²) in [5.74, 6) is 0.636. The first-order chi connectivity index (χ1) is 17.1. The fourth-order valence-electron chi connectivity index (χ4n) is 4.87. The van der Waals surface area contributed by atoms with Crippen molar-refractivity contribution >= 4 is 36.2 Å². The third-order valence-corrected chi connectivity index (χ3v) is 8.20. The maximum Gasteiger partial charge on any atom is 0.252 e. The van der Waals surface area contributed by atoms with Gasteiger partial charge in [0.15, 0.2) is 5.57 Å². The molecule has 0 bridgehead atoms. The lowest BCUT2D eigenvalue weighted by Gasteiger charge is -2.34. The summed E-state index contributed by atoms with van der Waals surface area (Å²) in [7, 11) is 2.52. The van der Waals surface area contributed by atoms with E-state index >= 15 is 0 Å². The predicted molar refractivity (Wildman–Crippen MR) is 145 cm³/mol. The molecule has 0 radical (unpaired) electrons. The first kappa shape index (κ1) is 22.4. The zero-order valence-corrected chi connectivity index (χ0v) is 21.0. The van der Waals surface area contributed by atoms with Crippen LogP contribution in [0, 0.1) is 0 Å². The second-order valence-electron chi connectivity index (χ2n) is 9.67. The van der Waals surface area contributed by atoms with Crippen LogP contribution in [-0.2, 0) is 6.54 Å². The van der Waals surface area contributed by atoms with E-state index in [1.54, 1.807) is 6.07 Å². The molecule has 6 nitrogen and oxygen atoms in total. The van der Waals surface area contributed by atoms with Crippen molar-refractivity contribution in [3.63, 3.8) is 0 Å². The van der Waals surface area contributed by atoms with E-state index in [-0.39, 0.29) is 5.56 Å². The number of pyridine rings is 1. The van der Waals surface area contributed by atoms with Crippen LogP contribution in [0.15, 0.2) is 71.7 Å². The summed E-state index contributed by atoms with van der Waals surface area (Å²) < 4.78 is 1.81. The van der Waals surface area contributed by atoms with Gasteiger partial charge in [0.05, 0.1) is 6.54 Å². The summed E-state index contributed by atoms with van der Waals surface area (Å²) in [5, 5.41) is 2.10. The van der Waals surface area contributed by atoms with Gasteiger partial charge in [0.1, 0.15) is 5.65 Å². The summed E-state index contributed by atoms with van der Waals surface area (Å²) in [5.41, 5.74) is 5.32. The lowest BCUT2D eigenvalue weighted by atomic mass is 10.0. The number of fused-ring (bicyclic) bond motifs is 1. The molecule has 7 heteroatoms. The van der Waals surface area contributed by atoms with Gasteiger partial charge in [-0.05, 0) is 69.0 Å². The standard InChI is InChI=1S/C28H30N5OP/c1-31-14-16-32(17-15-31)23-9-11-24(12-10-23)35-28-29-18-21-8-13-26(34)33(27(21)30-28)19-22-4-2-3-5-25(22)20-6-7-20/h2-5,8-13,18,20,35H,6-7,14-17,19H2,1H3. The number of hydrogen-bond donors (Lipinski definition) is 0. The molecule has 2 aromatic heterocycles. The van der Waals surface area contributed by atoms with Gasteiger partial charge in [-0.2, -0.15) is 0 Å². The summed E-state index contributed by atoms with van der Waals surface area (Å²) in [6, 6.07) is 20.8. The number of piperazine rings is 1. The number of hydrogen-bond acceptors (Lipinski definition) is 5. The van der Waals surface area contributed by atoms with Gasteiger partial charge < -0.3 is 9.80 Å². The Morgan fingerprint density at radius 1 is 0.943 bits per heavy atom. The first-order valence-corrected chi connectivity index (χ1v) is 13.4. The van der Waals surface area contributed by atoms with Crippen LogP contribution in [0.5, 0.6) is 0 Å². The number of nitrogens with zero attached hydrogens (tertiary/aromatic N) is 5. The third kappa shape index (κ3) is 4.86. The van der Waals surface area contributed by atoms with Crippen LogP contribution in [0.3, 0.4) is 0 Å². The molecule has 1 saturated heterocycles. The summed E-state index contributed by atoms with van der Waals surface area (Å²) in [6.07, 6.45) is 4.33. The predicted octanol–water partition coefficient (Wildman–Crippen LogP) is 3.10. The number of aromatic nitrogens is 3. The van der Waals surface area contributed by atoms with Crippen LogP contribution >= 0.6 is 8.58 Å². The van der Waals surface area contributed by atoms with Gasteiger partial charge in [0.25, 0.3) is 5.56 Å². The number of anilines is 1. The van der Waals surface area contributed by atoms with E-state index in [0.29, 0.717) is 21.0 Å². The Kier molecular flexibility index (Phi) is 6.09. The Balaban J connectivity index is 1.26. The van der Waals surface area contributed by atoms with Crippen LogP contribution in [0.4, 0.5) is 5.69 Å². The highest BCUT2D eigenvalue weighted by atomic mass is 31.1. The van der Waals surface area contributed by atoms with E-state index < -0.39 is 0 Å². The molecule has 1 aliphatic carbocycles. The number of rotatable bonds is 6. The Labute approximate surface area is 207 Å². The van der Waals surface area contributed by atoms with Crippen LogP contribution in [0.2, 0.25) is 0 Å². The largest absolute Gasteiger partial charge is 0.369 e. The van der Waals surface area contributed by atoms with Crippen LogP contribution in [0.1, 0.15) is 29.9 Å². The van der Waals surface area contributed by atoms with Gasteiger partial charge in [0, 0.05) is 49.5 Å². The molecule has 2 fully saturated rings. The van der Waals surface area contributed by atoms with Gasteiger partial charge in [-0.25, -0.2) is 9.97 Å². The minimum absolute atomic E-state index is 0.0207. The Morgan fingerprint density at radius 3 is 2.49 bits per heavy atom. The molecule has 1 aliphatic heterocycles. The van der Waals surface area contributed by atoms with Gasteiger partial charge in [-0.3, -0.25) is 9.36 Å². The molecule has 2 aromatic carbocycles. The second kappa shape index (κ2) is 9.52. The maximum absolute atomic E-state index is 12.9. The quantitative estimate of drug-likeness (QED) is 0.395. The lowest BCUT2D eigenvalue weighted by Crippen LogP contribution is -2.44. The van der Waals surface area contributed by atoms with Gasteiger partial charge in [-0.1, -0.05) is 36.4 Å². The average Bonchev–Trinajstić information content (AvgIpc) is 3.73. The normalized spacial score (nSPS) is 17.0. The molecular formula is C28H30N5OP. The fraction of sp³-hybridized carbons (Fsp3) is 0.321. The van der Waals surface area contributed by atoms with E-state index in [4.69, 9.17) is 4.98 Å². The highest BCUT2D eigenvalue weighted by molar-refractivity contribution is 7.54. The van der Waals surface area contributed by atoms with Crippen molar-refractivity contribution in [2.75, 3.05) is 38.1 Å². The van der Waals surface area contributed by atoms with E-state index in [1.165, 1.54) is 35.0 Å². The molecule has 0 spiro atoms. The molecule has 1 saturated carbocycles. The minimum atomic E-state index is -0.0207. The fourth-order valence-corrected chi connectivity index (χ4v) is 5.76. The molecular weight excluding hydrogens is 453 g/mol. The monoisotopic (exact) mass is 483 g/mol. The first-order valence-electron chi connectivity index (χ1n) is 12.4. The molecule has 6 rings (SSSR count). The van der Waals surface area contributed by atoms with Gasteiger partial charge in [0.2, 0.25) is 0 Å². The van der Waals surface area contributed by atoms with Gasteiger partial charge >= 0.3 is 0 Å². The topological polar surface area (TPSA) is 54.3 Å². The van der Waals surface area contributed by atoms with Crippen molar-refractivity contribution in [3.05, 3.63) is 88.3 Å². The number of likely N-dealkylation sites (N-methyl/N-ethyl adjacent to an activating group) is 1. The molecule has 1 atom stereocenters. The van der Waals surface area contributed by atoms with Crippen LogP contribution in [-0.4, -0.2) is 52.7 Å². The third-order valence-electron chi connectivity index (χ3n) is 7.12. The van der Waals surface area contributed by atoms with Crippen LogP contribution in [0.25, 0.3) is 11.0 Å². The van der Waals surface area contributed by atoms with Crippen molar-refractivity contribution in [1.82, 2.24) is 19.4 Å². The summed E-state index contributed by atoms with van der Waals surface area (Å²) in [4.78, 5) is 27.2. The second-order valence-corrected chi connectivity index (χ2v) is 10.9. The summed E-state index contributed by atoms with van der Waals surface area (Å²) in [6.45, 7) is 4.87. The Bertz CT molecular complexity index is 1410. The zero-order chi connectivity index (χ0) is 23.8. The Morgan fingerprint density at radius 2 is 1.71 bits per heavy atom. The lowest BCUT2D eigenvalue weighted by molar-refractivity contribution is 0.313. The average molecular weight is 484 g/mol. The molecule has 0 N–H and O–H groups in total. The van der Waals surface area contributed by atoms with Crippen molar-refractivity contribution in [2.24, 2.45) is 0 Å². The summed E-state index contributed by atoms with van der Waals surface area (Å²) >= 11 is 0. The van der Waals surface area contributed by atoms with Gasteiger partial charge in [-0.15, -0.1) is 0 Å². The zero-order valence-electron chi connectivity index (χ0n) is 20.0. The SMILES string of the molecule is CN1CCN(c2ccc(Pc3ncc4ccc(=O)n(Cc5ccccc5C5CC5)c4n3)cc2)CC1.